The largest absolute Gasteiger partial charge is 0.510 e. The van der Waals surface area contributed by atoms with Crippen LogP contribution in [-0.4, -0.2) is 34.3 Å². The standard InChI is InChI=1S/C21H26O4/c1-19-10-18-21(25-18)15(14(19)5-6-16(19)17(24)11-22)4-3-12-9-13(23)7-8-20(12,21)2/h7-9,14-15,18,22,24H,3-6,10-11H2,1-2H3/t14-,15-,18?,19-,20-,21-/m0/s1. The Morgan fingerprint density at radius 1 is 1.28 bits per heavy atom. The van der Waals surface area contributed by atoms with E-state index in [0.29, 0.717) is 11.8 Å². The summed E-state index contributed by atoms with van der Waals surface area (Å²) in [5.74, 6) is 1.18. The molecule has 5 rings (SSSR count). The molecule has 4 aliphatic carbocycles. The molecule has 1 heterocycles. The molecule has 4 fully saturated rings. The van der Waals surface area contributed by atoms with Crippen LogP contribution in [0.4, 0.5) is 0 Å². The van der Waals surface area contributed by atoms with Crippen molar-refractivity contribution in [1.82, 2.24) is 0 Å². The number of aliphatic hydroxyl groups is 2. The zero-order valence-electron chi connectivity index (χ0n) is 14.9. The van der Waals surface area contributed by atoms with Crippen molar-refractivity contribution in [3.63, 3.8) is 0 Å². The Morgan fingerprint density at radius 2 is 2.04 bits per heavy atom. The van der Waals surface area contributed by atoms with Crippen molar-refractivity contribution in [2.24, 2.45) is 22.7 Å². The second-order valence-corrected chi connectivity index (χ2v) is 9.00. The molecule has 3 saturated carbocycles. The SMILES string of the molecule is C[C@]12C=CC(=O)C=C1CC[C@H]1[C@@H]3CCC(=C(O)CO)[C@@]3(C)CC3O[C@]312. The van der Waals surface area contributed by atoms with Gasteiger partial charge in [0.05, 0.1) is 6.10 Å². The predicted molar refractivity (Wildman–Crippen MR) is 92.9 cm³/mol. The van der Waals surface area contributed by atoms with Crippen LogP contribution < -0.4 is 0 Å². The predicted octanol–water partition coefficient (Wildman–Crippen LogP) is 3.23. The quantitative estimate of drug-likeness (QED) is 0.567. The van der Waals surface area contributed by atoms with Crippen LogP contribution in [0.1, 0.15) is 46.0 Å². The van der Waals surface area contributed by atoms with E-state index in [1.807, 2.05) is 6.08 Å². The Labute approximate surface area is 148 Å². The van der Waals surface area contributed by atoms with Gasteiger partial charge in [-0.25, -0.2) is 0 Å². The lowest BCUT2D eigenvalue weighted by atomic mass is 9.48. The topological polar surface area (TPSA) is 70.1 Å². The Hall–Kier alpha value is -1.39. The number of ether oxygens (including phenoxy) is 1. The lowest BCUT2D eigenvalue weighted by Gasteiger charge is -2.54. The minimum atomic E-state index is -0.269. The van der Waals surface area contributed by atoms with Crippen molar-refractivity contribution in [2.75, 3.05) is 6.61 Å². The van der Waals surface area contributed by atoms with Crippen LogP contribution in [0.5, 0.6) is 0 Å². The molecule has 1 unspecified atom stereocenters. The van der Waals surface area contributed by atoms with E-state index >= 15 is 0 Å². The van der Waals surface area contributed by atoms with Crippen LogP contribution in [0.15, 0.2) is 35.1 Å². The van der Waals surface area contributed by atoms with E-state index in [4.69, 9.17) is 4.74 Å². The molecule has 2 N–H and O–H groups in total. The normalized spacial score (nSPS) is 51.9. The van der Waals surface area contributed by atoms with E-state index in [9.17, 15) is 15.0 Å². The second-order valence-electron chi connectivity index (χ2n) is 9.00. The number of epoxide rings is 1. The number of carbonyl (C=O) groups excluding carboxylic acids is 1. The van der Waals surface area contributed by atoms with Gasteiger partial charge in [0.25, 0.3) is 0 Å². The van der Waals surface area contributed by atoms with E-state index < -0.39 is 0 Å². The molecule has 4 nitrogen and oxygen atoms in total. The first-order valence-corrected chi connectivity index (χ1v) is 9.51. The summed E-state index contributed by atoms with van der Waals surface area (Å²) in [6.45, 7) is 4.23. The molecule has 134 valence electrons. The molecular formula is C21H26O4. The summed E-state index contributed by atoms with van der Waals surface area (Å²) >= 11 is 0. The van der Waals surface area contributed by atoms with Gasteiger partial charge < -0.3 is 14.9 Å². The molecule has 0 amide bonds. The van der Waals surface area contributed by atoms with Crippen LogP contribution >= 0.6 is 0 Å². The molecule has 0 aromatic rings. The first-order chi connectivity index (χ1) is 11.9. The van der Waals surface area contributed by atoms with E-state index in [1.54, 1.807) is 6.08 Å². The van der Waals surface area contributed by atoms with Gasteiger partial charge in [0.15, 0.2) is 5.78 Å². The molecule has 0 radical (unpaired) electrons. The van der Waals surface area contributed by atoms with Crippen molar-refractivity contribution in [2.45, 2.75) is 57.7 Å². The lowest BCUT2D eigenvalue weighted by molar-refractivity contribution is -0.111. The minimum absolute atomic E-state index is 0.0755. The molecule has 25 heavy (non-hydrogen) atoms. The van der Waals surface area contributed by atoms with Gasteiger partial charge in [0, 0.05) is 5.41 Å². The number of aliphatic hydroxyl groups excluding tert-OH is 2. The lowest BCUT2D eigenvalue weighted by Crippen LogP contribution is -2.56. The molecule has 0 aromatic carbocycles. The molecule has 0 bridgehead atoms. The average Bonchev–Trinajstić information content (AvgIpc) is 3.20. The summed E-state index contributed by atoms with van der Waals surface area (Å²) in [6, 6.07) is 0. The van der Waals surface area contributed by atoms with Crippen LogP contribution in [0.25, 0.3) is 0 Å². The highest BCUT2D eigenvalue weighted by molar-refractivity contribution is 6.01. The monoisotopic (exact) mass is 342 g/mol. The van der Waals surface area contributed by atoms with Crippen molar-refractivity contribution in [1.29, 1.82) is 0 Å². The second kappa shape index (κ2) is 4.66. The number of rotatable bonds is 1. The summed E-state index contributed by atoms with van der Waals surface area (Å²) in [5, 5.41) is 19.7. The van der Waals surface area contributed by atoms with Gasteiger partial charge in [-0.1, -0.05) is 18.6 Å². The highest BCUT2D eigenvalue weighted by atomic mass is 16.6. The van der Waals surface area contributed by atoms with Crippen LogP contribution in [0.3, 0.4) is 0 Å². The van der Waals surface area contributed by atoms with Gasteiger partial charge >= 0.3 is 0 Å². The number of ketones is 1. The number of hydrogen-bond donors (Lipinski definition) is 2. The summed E-state index contributed by atoms with van der Waals surface area (Å²) < 4.78 is 6.47. The Morgan fingerprint density at radius 3 is 2.80 bits per heavy atom. The van der Waals surface area contributed by atoms with Crippen molar-refractivity contribution in [3.05, 3.63) is 35.1 Å². The first kappa shape index (κ1) is 15.8. The molecular weight excluding hydrogens is 316 g/mol. The zero-order valence-corrected chi connectivity index (χ0v) is 14.9. The summed E-state index contributed by atoms with van der Waals surface area (Å²) in [6.07, 6.45) is 10.6. The third-order valence-corrected chi connectivity index (χ3v) is 8.22. The Kier molecular flexibility index (Phi) is 2.95. The number of hydrogen-bond acceptors (Lipinski definition) is 4. The zero-order chi connectivity index (χ0) is 17.6. The molecule has 1 spiro atoms. The maximum Gasteiger partial charge on any atom is 0.178 e. The number of carbonyl (C=O) groups is 1. The van der Waals surface area contributed by atoms with Crippen molar-refractivity contribution >= 4 is 5.78 Å². The fourth-order valence-electron chi connectivity index (χ4n) is 7.03. The van der Waals surface area contributed by atoms with Gasteiger partial charge in [-0.3, -0.25) is 4.79 Å². The fourth-order valence-corrected chi connectivity index (χ4v) is 7.03. The number of fused-ring (bicyclic) bond motifs is 3. The molecule has 4 heteroatoms. The van der Waals surface area contributed by atoms with Crippen LogP contribution in [-0.2, 0) is 9.53 Å². The number of allylic oxidation sites excluding steroid dienone is 3. The van der Waals surface area contributed by atoms with E-state index in [0.717, 1.165) is 37.7 Å². The third-order valence-electron chi connectivity index (χ3n) is 8.22. The van der Waals surface area contributed by atoms with Gasteiger partial charge in [-0.05, 0) is 74.0 Å². The van der Waals surface area contributed by atoms with Crippen LogP contribution in [0, 0.1) is 22.7 Å². The van der Waals surface area contributed by atoms with Gasteiger partial charge in [-0.2, -0.15) is 0 Å². The summed E-state index contributed by atoms with van der Waals surface area (Å²) in [4.78, 5) is 11.9. The van der Waals surface area contributed by atoms with Crippen LogP contribution in [0.2, 0.25) is 0 Å². The molecule has 1 aliphatic heterocycles. The molecule has 6 atom stereocenters. The van der Waals surface area contributed by atoms with E-state index in [-0.39, 0.29) is 40.7 Å². The van der Waals surface area contributed by atoms with Gasteiger partial charge in [0.1, 0.15) is 18.0 Å². The van der Waals surface area contributed by atoms with Gasteiger partial charge in [-0.15, -0.1) is 0 Å². The van der Waals surface area contributed by atoms with E-state index in [2.05, 4.69) is 19.9 Å². The third kappa shape index (κ3) is 1.68. The highest BCUT2D eigenvalue weighted by Gasteiger charge is 2.78. The van der Waals surface area contributed by atoms with Crippen molar-refractivity contribution in [3.8, 4) is 0 Å². The Bertz CT molecular complexity index is 762. The smallest absolute Gasteiger partial charge is 0.178 e. The maximum atomic E-state index is 11.9. The fraction of sp³-hybridized carbons (Fsp3) is 0.667. The van der Waals surface area contributed by atoms with E-state index in [1.165, 1.54) is 5.57 Å². The minimum Gasteiger partial charge on any atom is -0.510 e. The van der Waals surface area contributed by atoms with Crippen molar-refractivity contribution < 1.29 is 19.7 Å². The highest BCUT2D eigenvalue weighted by Crippen LogP contribution is 2.75. The van der Waals surface area contributed by atoms with Gasteiger partial charge in [0.2, 0.25) is 0 Å². The average molecular weight is 342 g/mol. The first-order valence-electron chi connectivity index (χ1n) is 9.51. The molecule has 1 saturated heterocycles. The Balaban J connectivity index is 1.59. The molecule has 5 aliphatic rings. The summed E-state index contributed by atoms with van der Waals surface area (Å²) in [5.41, 5.74) is 1.84. The summed E-state index contributed by atoms with van der Waals surface area (Å²) in [7, 11) is 0. The maximum absolute atomic E-state index is 11.9. The molecule has 0 aromatic heterocycles.